The lowest BCUT2D eigenvalue weighted by molar-refractivity contribution is 0.158. The number of hydrogen-bond donors (Lipinski definition) is 0. The van der Waals surface area contributed by atoms with Gasteiger partial charge >= 0.3 is 0 Å². The zero-order valence-electron chi connectivity index (χ0n) is 16.8. The first-order valence-corrected chi connectivity index (χ1v) is 12.8. The highest BCUT2D eigenvalue weighted by molar-refractivity contribution is 9.08. The number of nitrogens with zero attached hydrogens (tertiary/aromatic N) is 1. The van der Waals surface area contributed by atoms with E-state index in [0.717, 1.165) is 22.3 Å². The summed E-state index contributed by atoms with van der Waals surface area (Å²) in [5.74, 6) is 0. The third-order valence-corrected chi connectivity index (χ3v) is 8.44. The Bertz CT molecular complexity index is 1120. The van der Waals surface area contributed by atoms with Gasteiger partial charge in [-0.3, -0.25) is 0 Å². The second kappa shape index (κ2) is 8.05. The Morgan fingerprint density at radius 3 is 2.00 bits per heavy atom. The van der Waals surface area contributed by atoms with Gasteiger partial charge in [-0.2, -0.15) is 0 Å². The molecular weight excluding hydrogens is 458 g/mol. The molecule has 0 saturated carbocycles. The second-order valence-corrected chi connectivity index (χ2v) is 10.5. The van der Waals surface area contributed by atoms with Crippen LogP contribution in [0.5, 0.6) is 0 Å². The molecule has 1 aliphatic heterocycles. The van der Waals surface area contributed by atoms with Crippen LogP contribution in [0.4, 0.5) is 0 Å². The third-order valence-electron chi connectivity index (χ3n) is 5.93. The molecule has 1 unspecified atom stereocenters. The Labute approximate surface area is 187 Å². The van der Waals surface area contributed by atoms with Gasteiger partial charge in [0, 0.05) is 23.8 Å². The normalized spacial score (nSPS) is 19.0. The van der Waals surface area contributed by atoms with Crippen molar-refractivity contribution in [2.24, 2.45) is 0 Å². The van der Waals surface area contributed by atoms with Crippen LogP contribution < -0.4 is 0 Å². The van der Waals surface area contributed by atoms with Crippen LogP contribution in [-0.4, -0.2) is 26.1 Å². The van der Waals surface area contributed by atoms with E-state index in [2.05, 4.69) is 51.7 Å². The molecule has 0 radical (unpaired) electrons. The molecule has 4 rings (SSSR count). The van der Waals surface area contributed by atoms with Crippen LogP contribution in [0.2, 0.25) is 0 Å². The minimum Gasteiger partial charge on any atom is -0.360 e. The molecule has 154 valence electrons. The van der Waals surface area contributed by atoms with Crippen LogP contribution in [0, 0.1) is 0 Å². The Morgan fingerprint density at radius 2 is 1.53 bits per heavy atom. The molecule has 3 aromatic carbocycles. The van der Waals surface area contributed by atoms with Gasteiger partial charge in [0.05, 0.1) is 6.04 Å². The third kappa shape index (κ3) is 3.40. The van der Waals surface area contributed by atoms with Crippen LogP contribution in [0.3, 0.4) is 0 Å². The first-order chi connectivity index (χ1) is 14.4. The van der Waals surface area contributed by atoms with Gasteiger partial charge < -0.3 is 4.90 Å². The number of halogens is 1. The fourth-order valence-electron chi connectivity index (χ4n) is 4.35. The predicted molar refractivity (Wildman–Crippen MR) is 126 cm³/mol. The van der Waals surface area contributed by atoms with E-state index in [-0.39, 0.29) is 6.04 Å². The smallest absolute Gasteiger partial charge is 0.164 e. The van der Waals surface area contributed by atoms with Gasteiger partial charge in [-0.25, -0.2) is 8.42 Å². The molecule has 1 atom stereocenters. The molecule has 0 N–H and O–H groups in total. The number of alkyl halides is 1. The van der Waals surface area contributed by atoms with Crippen LogP contribution in [0.1, 0.15) is 28.3 Å². The number of benzene rings is 3. The Kier molecular flexibility index (Phi) is 5.60. The highest BCUT2D eigenvalue weighted by Gasteiger charge is 2.57. The van der Waals surface area contributed by atoms with Gasteiger partial charge in [-0.1, -0.05) is 107 Å². The van der Waals surface area contributed by atoms with Gasteiger partial charge in [0.2, 0.25) is 0 Å². The van der Waals surface area contributed by atoms with E-state index in [1.807, 2.05) is 60.7 Å². The van der Waals surface area contributed by atoms with Crippen molar-refractivity contribution < 1.29 is 8.42 Å². The molecule has 1 aliphatic rings. The van der Waals surface area contributed by atoms with E-state index >= 15 is 0 Å². The number of hydrogen-bond acceptors (Lipinski definition) is 3. The van der Waals surface area contributed by atoms with Gasteiger partial charge in [-0.05, 0) is 22.3 Å². The number of likely N-dealkylation sites (tertiary alicyclic amines) is 1. The first-order valence-electron chi connectivity index (χ1n) is 9.79. The molecule has 0 spiro atoms. The zero-order valence-corrected chi connectivity index (χ0v) is 19.2. The van der Waals surface area contributed by atoms with E-state index in [9.17, 15) is 8.42 Å². The molecule has 30 heavy (non-hydrogen) atoms. The van der Waals surface area contributed by atoms with Gasteiger partial charge in [0.25, 0.3) is 0 Å². The second-order valence-electron chi connectivity index (χ2n) is 7.73. The lowest BCUT2D eigenvalue weighted by Crippen LogP contribution is -2.61. The highest BCUT2D eigenvalue weighted by atomic mass is 79.9. The van der Waals surface area contributed by atoms with E-state index in [0.29, 0.717) is 17.6 Å². The van der Waals surface area contributed by atoms with Crippen molar-refractivity contribution in [1.82, 2.24) is 4.90 Å². The quantitative estimate of drug-likeness (QED) is 0.439. The van der Waals surface area contributed by atoms with Crippen LogP contribution in [0.25, 0.3) is 0 Å². The average molecular weight is 482 g/mol. The van der Waals surface area contributed by atoms with Gasteiger partial charge in [-0.15, -0.1) is 0 Å². The van der Waals surface area contributed by atoms with E-state index in [1.165, 1.54) is 6.26 Å². The summed E-state index contributed by atoms with van der Waals surface area (Å²) in [6, 6.07) is 28.0. The van der Waals surface area contributed by atoms with Crippen molar-refractivity contribution in [2.75, 3.05) is 12.8 Å². The summed E-state index contributed by atoms with van der Waals surface area (Å²) in [5, 5.41) is 0.674. The highest BCUT2D eigenvalue weighted by Crippen LogP contribution is 2.52. The minimum absolute atomic E-state index is 0.0888. The predicted octanol–water partition coefficient (Wildman–Crippen LogP) is 5.44. The summed E-state index contributed by atoms with van der Waals surface area (Å²) < 4.78 is 25.1. The molecule has 0 bridgehead atoms. The maximum atomic E-state index is 13.1. The first kappa shape index (κ1) is 20.9. The summed E-state index contributed by atoms with van der Waals surface area (Å²) in [6.07, 6.45) is 1.32. The Morgan fingerprint density at radius 1 is 0.967 bits per heavy atom. The lowest BCUT2D eigenvalue weighted by Gasteiger charge is -2.55. The molecule has 1 heterocycles. The van der Waals surface area contributed by atoms with Crippen molar-refractivity contribution in [3.05, 3.63) is 119 Å². The molecule has 3 nitrogen and oxygen atoms in total. The number of sulfone groups is 1. The minimum atomic E-state index is -3.44. The summed E-state index contributed by atoms with van der Waals surface area (Å²) in [7, 11) is -3.44. The Hall–Kier alpha value is -2.37. The van der Waals surface area contributed by atoms with Crippen LogP contribution in [0.15, 0.2) is 97.2 Å². The summed E-state index contributed by atoms with van der Waals surface area (Å²) in [5.41, 5.74) is 4.67. The molecular formula is C25H24BrNO2S. The Balaban J connectivity index is 1.80. The largest absolute Gasteiger partial charge is 0.360 e. The zero-order chi connectivity index (χ0) is 21.4. The van der Waals surface area contributed by atoms with Gasteiger partial charge in [0.15, 0.2) is 14.6 Å². The average Bonchev–Trinajstić information content (AvgIpc) is 2.76. The summed E-state index contributed by atoms with van der Waals surface area (Å²) in [6.45, 7) is 4.67. The SMILES string of the molecule is C=C1N(C(c2ccccc2)c2ccccc2)CC1(c1cccc(CBr)c1)S(C)(=O)=O. The molecule has 3 aromatic rings. The van der Waals surface area contributed by atoms with Crippen molar-refractivity contribution >= 4 is 25.8 Å². The molecule has 1 saturated heterocycles. The van der Waals surface area contributed by atoms with Crippen molar-refractivity contribution in [1.29, 1.82) is 0 Å². The van der Waals surface area contributed by atoms with E-state index < -0.39 is 14.6 Å². The molecule has 0 amide bonds. The fourth-order valence-corrected chi connectivity index (χ4v) is 6.17. The monoisotopic (exact) mass is 481 g/mol. The summed E-state index contributed by atoms with van der Waals surface area (Å²) >= 11 is 3.48. The maximum Gasteiger partial charge on any atom is 0.164 e. The topological polar surface area (TPSA) is 37.4 Å². The fraction of sp³-hybridized carbons (Fsp3) is 0.200. The number of rotatable bonds is 6. The molecule has 0 aliphatic carbocycles. The van der Waals surface area contributed by atoms with E-state index in [1.54, 1.807) is 0 Å². The van der Waals surface area contributed by atoms with Gasteiger partial charge in [0.1, 0.15) is 0 Å². The van der Waals surface area contributed by atoms with Crippen molar-refractivity contribution in [3.8, 4) is 0 Å². The molecule has 0 aromatic heterocycles. The standard InChI is InChI=1S/C25H24BrNO2S/c1-19-25(30(2,28)29,23-15-9-10-20(16-23)17-26)18-27(19)24(21-11-5-3-6-12-21)22-13-7-4-8-14-22/h3-16,24H,1,17-18H2,2H3. The van der Waals surface area contributed by atoms with Crippen LogP contribution in [-0.2, 0) is 19.9 Å². The van der Waals surface area contributed by atoms with Crippen molar-refractivity contribution in [3.63, 3.8) is 0 Å². The van der Waals surface area contributed by atoms with E-state index in [4.69, 9.17) is 0 Å². The molecule has 5 heteroatoms. The van der Waals surface area contributed by atoms with Crippen LogP contribution >= 0.6 is 15.9 Å². The lowest BCUT2D eigenvalue weighted by atomic mass is 9.82. The van der Waals surface area contributed by atoms with Crippen molar-refractivity contribution in [2.45, 2.75) is 16.1 Å². The maximum absolute atomic E-state index is 13.1. The summed E-state index contributed by atoms with van der Waals surface area (Å²) in [4.78, 5) is 2.12. The molecule has 1 fully saturated rings.